The number of hydrogen-bond acceptors (Lipinski definition) is 3. The van der Waals surface area contributed by atoms with Crippen molar-refractivity contribution in [3.05, 3.63) is 29.8 Å². The molecule has 2 N–H and O–H groups in total. The van der Waals surface area contributed by atoms with Crippen molar-refractivity contribution in [1.29, 1.82) is 0 Å². The maximum Gasteiger partial charge on any atom is 0.227 e. The summed E-state index contributed by atoms with van der Waals surface area (Å²) < 4.78 is 5.53. The van der Waals surface area contributed by atoms with Crippen LogP contribution in [0.25, 0.3) is 0 Å². The van der Waals surface area contributed by atoms with Crippen LogP contribution in [0.15, 0.2) is 24.3 Å². The molecule has 3 rings (SSSR count). The van der Waals surface area contributed by atoms with E-state index < -0.39 is 0 Å². The minimum atomic E-state index is -0.0152. The summed E-state index contributed by atoms with van der Waals surface area (Å²) in [6.07, 6.45) is 3.11. The molecule has 1 aromatic carbocycles. The molecule has 1 aromatic rings. The van der Waals surface area contributed by atoms with Crippen LogP contribution in [0.2, 0.25) is 0 Å². The van der Waals surface area contributed by atoms with Gasteiger partial charge >= 0.3 is 0 Å². The van der Waals surface area contributed by atoms with Crippen molar-refractivity contribution in [3.63, 3.8) is 0 Å². The van der Waals surface area contributed by atoms with Crippen LogP contribution in [0.4, 0.5) is 5.69 Å². The monoisotopic (exact) mass is 274 g/mol. The molecule has 2 aliphatic rings. The van der Waals surface area contributed by atoms with E-state index in [9.17, 15) is 4.79 Å². The van der Waals surface area contributed by atoms with E-state index in [0.29, 0.717) is 12.1 Å². The summed E-state index contributed by atoms with van der Waals surface area (Å²) in [4.78, 5) is 12.4. The maximum atomic E-state index is 12.4. The number of hydrogen-bond donors (Lipinski definition) is 2. The Bertz CT molecular complexity index is 483. The maximum absolute atomic E-state index is 12.4. The van der Waals surface area contributed by atoms with Gasteiger partial charge in [0.05, 0.1) is 12.0 Å². The van der Waals surface area contributed by atoms with Crippen LogP contribution in [-0.2, 0) is 9.53 Å². The summed E-state index contributed by atoms with van der Waals surface area (Å²) in [5.74, 6) is 0.150. The zero-order chi connectivity index (χ0) is 13.9. The number of benzene rings is 1. The van der Waals surface area contributed by atoms with Crippen LogP contribution in [0.5, 0.6) is 0 Å². The molecule has 0 bridgehead atoms. The predicted molar refractivity (Wildman–Crippen MR) is 78.9 cm³/mol. The number of rotatable bonds is 4. The molecule has 0 saturated heterocycles. The molecule has 108 valence electrons. The van der Waals surface area contributed by atoms with E-state index in [4.69, 9.17) is 4.74 Å². The normalized spacial score (nSPS) is 27.9. The molecule has 1 aliphatic carbocycles. The SMILES string of the molecule is CCOC1CC(NC(=O)C2CCNc3ccccc32)C1. The topological polar surface area (TPSA) is 50.4 Å². The number of ether oxygens (including phenoxy) is 1. The molecule has 0 spiro atoms. The fraction of sp³-hybridized carbons (Fsp3) is 0.562. The average molecular weight is 274 g/mol. The van der Waals surface area contributed by atoms with Gasteiger partial charge in [-0.25, -0.2) is 0 Å². The van der Waals surface area contributed by atoms with E-state index in [1.807, 2.05) is 25.1 Å². The van der Waals surface area contributed by atoms with E-state index >= 15 is 0 Å². The molecule has 1 fully saturated rings. The Hall–Kier alpha value is -1.55. The highest BCUT2D eigenvalue weighted by Crippen LogP contribution is 2.32. The molecule has 20 heavy (non-hydrogen) atoms. The zero-order valence-electron chi connectivity index (χ0n) is 11.9. The number of para-hydroxylation sites is 1. The second-order valence-corrected chi connectivity index (χ2v) is 5.61. The van der Waals surface area contributed by atoms with Gasteiger partial charge in [-0.15, -0.1) is 0 Å². The summed E-state index contributed by atoms with van der Waals surface area (Å²) in [5.41, 5.74) is 2.22. The van der Waals surface area contributed by atoms with Crippen molar-refractivity contribution in [3.8, 4) is 0 Å². The second-order valence-electron chi connectivity index (χ2n) is 5.61. The molecular weight excluding hydrogens is 252 g/mol. The standard InChI is InChI=1S/C16H22N2O2/c1-2-20-12-9-11(10-12)18-16(19)14-7-8-17-15-6-4-3-5-13(14)15/h3-6,11-12,14,17H,2,7-10H2,1H3,(H,18,19). The van der Waals surface area contributed by atoms with Crippen molar-refractivity contribution in [1.82, 2.24) is 5.32 Å². The molecule has 1 heterocycles. The van der Waals surface area contributed by atoms with E-state index in [-0.39, 0.29) is 11.8 Å². The van der Waals surface area contributed by atoms with Gasteiger partial charge in [0.1, 0.15) is 0 Å². The number of nitrogens with one attached hydrogen (secondary N) is 2. The lowest BCUT2D eigenvalue weighted by Gasteiger charge is -2.37. The number of carbonyl (C=O) groups excluding carboxylic acids is 1. The Morgan fingerprint density at radius 1 is 1.40 bits per heavy atom. The molecule has 1 atom stereocenters. The fourth-order valence-electron chi connectivity index (χ4n) is 3.10. The zero-order valence-corrected chi connectivity index (χ0v) is 11.9. The van der Waals surface area contributed by atoms with Crippen molar-refractivity contribution >= 4 is 11.6 Å². The third-order valence-electron chi connectivity index (χ3n) is 4.24. The highest BCUT2D eigenvalue weighted by Gasteiger charge is 2.33. The first-order chi connectivity index (χ1) is 9.78. The number of anilines is 1. The fourth-order valence-corrected chi connectivity index (χ4v) is 3.10. The van der Waals surface area contributed by atoms with Gasteiger partial charge in [-0.2, -0.15) is 0 Å². The van der Waals surface area contributed by atoms with E-state index in [2.05, 4.69) is 16.7 Å². The van der Waals surface area contributed by atoms with Crippen molar-refractivity contribution in [2.45, 2.75) is 44.2 Å². The third-order valence-corrected chi connectivity index (χ3v) is 4.24. The summed E-state index contributed by atoms with van der Waals surface area (Å²) in [6.45, 7) is 3.63. The van der Waals surface area contributed by atoms with Crippen LogP contribution in [0, 0.1) is 0 Å². The second kappa shape index (κ2) is 5.83. The lowest BCUT2D eigenvalue weighted by molar-refractivity contribution is -0.125. The smallest absolute Gasteiger partial charge is 0.227 e. The Kier molecular flexibility index (Phi) is 3.92. The van der Waals surface area contributed by atoms with Gasteiger partial charge in [0, 0.05) is 24.9 Å². The molecule has 1 amide bonds. The molecule has 4 nitrogen and oxygen atoms in total. The molecule has 1 unspecified atom stereocenters. The van der Waals surface area contributed by atoms with Crippen molar-refractivity contribution in [2.24, 2.45) is 0 Å². The predicted octanol–water partition coefficient (Wildman–Crippen LogP) is 2.27. The molecular formula is C16H22N2O2. The van der Waals surface area contributed by atoms with Gasteiger partial charge in [-0.3, -0.25) is 4.79 Å². The van der Waals surface area contributed by atoms with Crippen LogP contribution in [0.3, 0.4) is 0 Å². The Morgan fingerprint density at radius 3 is 3.00 bits per heavy atom. The Balaban J connectivity index is 1.59. The third kappa shape index (κ3) is 2.66. The first kappa shape index (κ1) is 13.4. The summed E-state index contributed by atoms with van der Waals surface area (Å²) >= 11 is 0. The Morgan fingerprint density at radius 2 is 2.20 bits per heavy atom. The van der Waals surface area contributed by atoms with Crippen LogP contribution in [0.1, 0.15) is 37.7 Å². The number of carbonyl (C=O) groups is 1. The van der Waals surface area contributed by atoms with Gasteiger partial charge in [-0.1, -0.05) is 18.2 Å². The summed E-state index contributed by atoms with van der Waals surface area (Å²) in [6, 6.07) is 8.39. The largest absolute Gasteiger partial charge is 0.385 e. The molecule has 0 aromatic heterocycles. The summed E-state index contributed by atoms with van der Waals surface area (Å²) in [5, 5.41) is 6.52. The van der Waals surface area contributed by atoms with Crippen LogP contribution in [-0.4, -0.2) is 31.2 Å². The van der Waals surface area contributed by atoms with E-state index in [1.54, 1.807) is 0 Å². The molecule has 1 aliphatic heterocycles. The first-order valence-corrected chi connectivity index (χ1v) is 7.52. The first-order valence-electron chi connectivity index (χ1n) is 7.52. The van der Waals surface area contributed by atoms with E-state index in [1.165, 1.54) is 0 Å². The lowest BCUT2D eigenvalue weighted by Crippen LogP contribution is -2.49. The number of fused-ring (bicyclic) bond motifs is 1. The van der Waals surface area contributed by atoms with Gasteiger partial charge in [-0.05, 0) is 37.8 Å². The average Bonchev–Trinajstić information content (AvgIpc) is 2.44. The van der Waals surface area contributed by atoms with Crippen molar-refractivity contribution < 1.29 is 9.53 Å². The summed E-state index contributed by atoms with van der Waals surface area (Å²) in [7, 11) is 0. The molecule has 0 radical (unpaired) electrons. The number of amides is 1. The van der Waals surface area contributed by atoms with Gasteiger partial charge in [0.15, 0.2) is 0 Å². The quantitative estimate of drug-likeness (QED) is 0.885. The molecule has 1 saturated carbocycles. The molecule has 4 heteroatoms. The highest BCUT2D eigenvalue weighted by atomic mass is 16.5. The van der Waals surface area contributed by atoms with Gasteiger partial charge < -0.3 is 15.4 Å². The van der Waals surface area contributed by atoms with Crippen LogP contribution < -0.4 is 10.6 Å². The van der Waals surface area contributed by atoms with Crippen molar-refractivity contribution in [2.75, 3.05) is 18.5 Å². The van der Waals surface area contributed by atoms with E-state index in [0.717, 1.165) is 43.7 Å². The minimum absolute atomic E-state index is 0.0152. The lowest BCUT2D eigenvalue weighted by atomic mass is 9.86. The van der Waals surface area contributed by atoms with Gasteiger partial charge in [0.25, 0.3) is 0 Å². The van der Waals surface area contributed by atoms with Gasteiger partial charge in [0.2, 0.25) is 5.91 Å². The highest BCUT2D eigenvalue weighted by molar-refractivity contribution is 5.86. The van der Waals surface area contributed by atoms with Crippen LogP contribution >= 0.6 is 0 Å². The Labute approximate surface area is 119 Å². The minimum Gasteiger partial charge on any atom is -0.385 e.